The van der Waals surface area contributed by atoms with Crippen LogP contribution in [0.3, 0.4) is 0 Å². The van der Waals surface area contributed by atoms with Gasteiger partial charge >= 0.3 is 0 Å². The summed E-state index contributed by atoms with van der Waals surface area (Å²) in [6.07, 6.45) is 0. The van der Waals surface area contributed by atoms with Crippen molar-refractivity contribution >= 4 is 10.0 Å². The van der Waals surface area contributed by atoms with E-state index in [0.717, 1.165) is 0 Å². The molecule has 0 aliphatic carbocycles. The lowest BCUT2D eigenvalue weighted by atomic mass is 9.91. The van der Waals surface area contributed by atoms with Crippen molar-refractivity contribution in [3.05, 3.63) is 11.8 Å². The Morgan fingerprint density at radius 3 is 2.44 bits per heavy atom. The fourth-order valence-corrected chi connectivity index (χ4v) is 2.54. The van der Waals surface area contributed by atoms with Gasteiger partial charge in [0.2, 0.25) is 0 Å². The summed E-state index contributed by atoms with van der Waals surface area (Å²) in [5, 5.41) is 18.7. The Bertz CT molecular complexity index is 515. The number of rotatable bonds is 2. The zero-order valence-corrected chi connectivity index (χ0v) is 9.90. The number of aromatic nitrogens is 2. The predicted octanol–water partition coefficient (Wildman–Crippen LogP) is -1.80. The van der Waals surface area contributed by atoms with Crippen LogP contribution in [-0.2, 0) is 22.7 Å². The molecular formula is C8H14N4O3S. The van der Waals surface area contributed by atoms with E-state index in [-0.39, 0.29) is 5.03 Å². The number of hydrogen-bond donors (Lipinski definition) is 2. The van der Waals surface area contributed by atoms with Crippen LogP contribution in [0.1, 0.15) is 5.69 Å². The lowest BCUT2D eigenvalue weighted by molar-refractivity contribution is -0.0972. The van der Waals surface area contributed by atoms with Crippen molar-refractivity contribution < 1.29 is 13.5 Å². The number of β-amino-alcohol motifs (C(OH)–C–C–N with tert-alkyl or cyclic N) is 1. The first-order valence-electron chi connectivity index (χ1n) is 4.71. The molecule has 8 heteroatoms. The fraction of sp³-hybridized carbons (Fsp3) is 0.625. The summed E-state index contributed by atoms with van der Waals surface area (Å²) in [6, 6.07) is 1.32. The molecule has 0 saturated carbocycles. The second-order valence-electron chi connectivity index (χ2n) is 4.24. The van der Waals surface area contributed by atoms with Crippen LogP contribution in [0.5, 0.6) is 0 Å². The van der Waals surface area contributed by atoms with Gasteiger partial charge in [0.05, 0.1) is 5.69 Å². The monoisotopic (exact) mass is 246 g/mol. The van der Waals surface area contributed by atoms with Crippen LogP contribution in [0, 0.1) is 0 Å². The Labute approximate surface area is 93.5 Å². The summed E-state index contributed by atoms with van der Waals surface area (Å²) in [5.74, 6) is 0. The third-order valence-corrected chi connectivity index (χ3v) is 3.47. The SMILES string of the molecule is CN1CC(O)(c2cc(S(N)(=O)=O)nn2C)C1. The lowest BCUT2D eigenvalue weighted by Gasteiger charge is -2.44. The number of hydrogen-bond acceptors (Lipinski definition) is 5. The molecule has 0 unspecified atom stereocenters. The van der Waals surface area contributed by atoms with E-state index in [1.807, 2.05) is 11.9 Å². The summed E-state index contributed by atoms with van der Waals surface area (Å²) < 4.78 is 23.6. The highest BCUT2D eigenvalue weighted by molar-refractivity contribution is 7.89. The van der Waals surface area contributed by atoms with Crippen molar-refractivity contribution in [3.63, 3.8) is 0 Å². The smallest absolute Gasteiger partial charge is 0.257 e. The minimum atomic E-state index is -3.82. The van der Waals surface area contributed by atoms with Gasteiger partial charge in [-0.2, -0.15) is 5.10 Å². The number of aryl methyl sites for hydroxylation is 1. The van der Waals surface area contributed by atoms with Crippen molar-refractivity contribution in [2.24, 2.45) is 12.2 Å². The third kappa shape index (κ3) is 1.73. The Kier molecular flexibility index (Phi) is 2.35. The molecule has 2 rings (SSSR count). The van der Waals surface area contributed by atoms with Crippen molar-refractivity contribution in [2.45, 2.75) is 10.6 Å². The number of sulfonamides is 1. The van der Waals surface area contributed by atoms with Gasteiger partial charge < -0.3 is 5.11 Å². The van der Waals surface area contributed by atoms with Gasteiger partial charge in [0.1, 0.15) is 5.60 Å². The van der Waals surface area contributed by atoms with Crippen molar-refractivity contribution in [1.82, 2.24) is 14.7 Å². The quantitative estimate of drug-likeness (QED) is 0.641. The van der Waals surface area contributed by atoms with E-state index in [2.05, 4.69) is 5.10 Å². The van der Waals surface area contributed by atoms with E-state index in [4.69, 9.17) is 5.14 Å². The molecule has 1 saturated heterocycles. The van der Waals surface area contributed by atoms with Gasteiger partial charge in [0, 0.05) is 26.2 Å². The maximum absolute atomic E-state index is 11.1. The maximum Gasteiger partial charge on any atom is 0.257 e. The van der Waals surface area contributed by atoms with E-state index in [9.17, 15) is 13.5 Å². The van der Waals surface area contributed by atoms with Crippen LogP contribution in [0.15, 0.2) is 11.1 Å². The topological polar surface area (TPSA) is 101 Å². The van der Waals surface area contributed by atoms with Gasteiger partial charge in [0.25, 0.3) is 10.0 Å². The molecule has 1 fully saturated rings. The Morgan fingerprint density at radius 2 is 2.06 bits per heavy atom. The molecule has 0 radical (unpaired) electrons. The first-order valence-corrected chi connectivity index (χ1v) is 6.25. The Hall–Kier alpha value is -0.960. The maximum atomic E-state index is 11.1. The molecule has 0 spiro atoms. The zero-order valence-electron chi connectivity index (χ0n) is 9.08. The van der Waals surface area contributed by atoms with Crippen molar-refractivity contribution in [3.8, 4) is 0 Å². The van der Waals surface area contributed by atoms with Gasteiger partial charge in [-0.05, 0) is 7.05 Å². The minimum Gasteiger partial charge on any atom is -0.381 e. The van der Waals surface area contributed by atoms with Crippen LogP contribution in [0.25, 0.3) is 0 Å². The van der Waals surface area contributed by atoms with Gasteiger partial charge in [-0.25, -0.2) is 13.6 Å². The number of nitrogens with zero attached hydrogens (tertiary/aromatic N) is 3. The third-order valence-electron chi connectivity index (χ3n) is 2.69. The molecule has 90 valence electrons. The van der Waals surface area contributed by atoms with E-state index in [1.54, 1.807) is 7.05 Å². The number of primary sulfonamides is 1. The van der Waals surface area contributed by atoms with Crippen LogP contribution in [0.2, 0.25) is 0 Å². The number of aliphatic hydroxyl groups is 1. The lowest BCUT2D eigenvalue weighted by Crippen LogP contribution is -2.58. The van der Waals surface area contributed by atoms with Crippen LogP contribution >= 0.6 is 0 Å². The summed E-state index contributed by atoms with van der Waals surface area (Å²) >= 11 is 0. The molecule has 1 aromatic rings. The molecule has 0 bridgehead atoms. The molecule has 7 nitrogen and oxygen atoms in total. The molecule has 0 atom stereocenters. The number of likely N-dealkylation sites (tertiary alicyclic amines) is 1. The number of nitrogens with two attached hydrogens (primary N) is 1. The van der Waals surface area contributed by atoms with E-state index >= 15 is 0 Å². The second-order valence-corrected chi connectivity index (χ2v) is 5.75. The highest BCUT2D eigenvalue weighted by Crippen LogP contribution is 2.31. The van der Waals surface area contributed by atoms with Crippen LogP contribution in [0.4, 0.5) is 0 Å². The summed E-state index contributed by atoms with van der Waals surface area (Å²) in [4.78, 5) is 1.92. The van der Waals surface area contributed by atoms with E-state index in [1.165, 1.54) is 10.7 Å². The van der Waals surface area contributed by atoms with Crippen molar-refractivity contribution in [2.75, 3.05) is 20.1 Å². The second kappa shape index (κ2) is 3.27. The molecule has 3 N–H and O–H groups in total. The summed E-state index contributed by atoms with van der Waals surface area (Å²) in [7, 11) is -0.369. The van der Waals surface area contributed by atoms with Crippen molar-refractivity contribution in [1.29, 1.82) is 0 Å². The average molecular weight is 246 g/mol. The molecular weight excluding hydrogens is 232 g/mol. The van der Waals surface area contributed by atoms with Gasteiger partial charge in [-0.3, -0.25) is 9.58 Å². The highest BCUT2D eigenvalue weighted by Gasteiger charge is 2.43. The molecule has 16 heavy (non-hydrogen) atoms. The first-order chi connectivity index (χ1) is 7.22. The summed E-state index contributed by atoms with van der Waals surface area (Å²) in [5.41, 5.74) is -0.561. The fourth-order valence-electron chi connectivity index (χ4n) is 2.02. The van der Waals surface area contributed by atoms with Crippen LogP contribution in [-0.4, -0.2) is 48.3 Å². The predicted molar refractivity (Wildman–Crippen MR) is 56.0 cm³/mol. The normalized spacial score (nSPS) is 20.8. The standard InChI is InChI=1S/C8H14N4O3S/c1-11-4-8(13,5-11)6-3-7(10-12(6)2)16(9,14)15/h3,13H,4-5H2,1-2H3,(H2,9,14,15). The molecule has 1 aliphatic rings. The minimum absolute atomic E-state index is 0.215. The summed E-state index contributed by atoms with van der Waals surface area (Å²) in [6.45, 7) is 0.910. The largest absolute Gasteiger partial charge is 0.381 e. The zero-order chi connectivity index (χ0) is 12.1. The van der Waals surface area contributed by atoms with Gasteiger partial charge in [0.15, 0.2) is 5.03 Å². The molecule has 0 amide bonds. The molecule has 1 aromatic heterocycles. The van der Waals surface area contributed by atoms with E-state index < -0.39 is 15.6 Å². The Balaban J connectivity index is 2.41. The average Bonchev–Trinajstić information content (AvgIpc) is 2.44. The van der Waals surface area contributed by atoms with Crippen LogP contribution < -0.4 is 5.14 Å². The molecule has 2 heterocycles. The first kappa shape index (κ1) is 11.5. The Morgan fingerprint density at radius 1 is 1.50 bits per heavy atom. The molecule has 0 aromatic carbocycles. The highest BCUT2D eigenvalue weighted by atomic mass is 32.2. The number of likely N-dealkylation sites (N-methyl/N-ethyl adjacent to an activating group) is 1. The van der Waals surface area contributed by atoms with E-state index in [0.29, 0.717) is 18.8 Å². The van der Waals surface area contributed by atoms with Gasteiger partial charge in [-0.1, -0.05) is 0 Å². The molecule has 1 aliphatic heterocycles. The van der Waals surface area contributed by atoms with Gasteiger partial charge in [-0.15, -0.1) is 0 Å².